The summed E-state index contributed by atoms with van der Waals surface area (Å²) in [4.78, 5) is 11.5. The Morgan fingerprint density at radius 2 is 2.11 bits per heavy atom. The number of aryl methyl sites for hydroxylation is 1. The maximum absolute atomic E-state index is 12.9. The third kappa shape index (κ3) is 3.84. The van der Waals surface area contributed by atoms with Gasteiger partial charge in [-0.3, -0.25) is 4.79 Å². The third-order valence-corrected chi connectivity index (χ3v) is 2.61. The molecule has 4 nitrogen and oxygen atoms in total. The highest BCUT2D eigenvalue weighted by Gasteiger charge is 1.98. The topological polar surface area (TPSA) is 57.2 Å². The number of rotatable bonds is 5. The number of nitrogens with zero attached hydrogens (tertiary/aromatic N) is 1. The second-order valence-electron chi connectivity index (χ2n) is 4.15. The van der Waals surface area contributed by atoms with E-state index in [9.17, 15) is 9.18 Å². The van der Waals surface area contributed by atoms with Gasteiger partial charge in [0.2, 0.25) is 0 Å². The van der Waals surface area contributed by atoms with E-state index >= 15 is 0 Å². The fourth-order valence-electron chi connectivity index (χ4n) is 1.71. The highest BCUT2D eigenvalue weighted by Crippen LogP contribution is 2.12. The van der Waals surface area contributed by atoms with Crippen LogP contribution in [0.15, 0.2) is 47.4 Å². The molecule has 0 atom stereocenters. The van der Waals surface area contributed by atoms with Crippen LogP contribution in [-0.4, -0.2) is 11.2 Å². The van der Waals surface area contributed by atoms with Crippen molar-refractivity contribution < 1.29 is 9.13 Å². The van der Waals surface area contributed by atoms with Crippen molar-refractivity contribution in [3.05, 3.63) is 58.8 Å². The summed E-state index contributed by atoms with van der Waals surface area (Å²) in [6.07, 6.45) is 2.24. The maximum Gasteiger partial charge on any atom is 0.250 e. The number of nitrogen functional groups attached to an aromatic ring is 1. The lowest BCUT2D eigenvalue weighted by Gasteiger charge is -2.08. The van der Waals surface area contributed by atoms with Crippen molar-refractivity contribution in [2.75, 3.05) is 12.3 Å². The summed E-state index contributed by atoms with van der Waals surface area (Å²) in [5, 5.41) is 0. The average molecular weight is 262 g/mol. The van der Waals surface area contributed by atoms with E-state index in [-0.39, 0.29) is 11.4 Å². The quantitative estimate of drug-likeness (QED) is 0.839. The third-order valence-electron chi connectivity index (χ3n) is 2.61. The van der Waals surface area contributed by atoms with E-state index in [1.807, 2.05) is 0 Å². The molecule has 5 heteroatoms. The zero-order valence-electron chi connectivity index (χ0n) is 10.4. The van der Waals surface area contributed by atoms with Crippen LogP contribution in [0.4, 0.5) is 10.1 Å². The van der Waals surface area contributed by atoms with Crippen molar-refractivity contribution in [3.8, 4) is 5.75 Å². The minimum Gasteiger partial charge on any atom is -0.493 e. The molecule has 1 aromatic carbocycles. The van der Waals surface area contributed by atoms with E-state index < -0.39 is 0 Å². The number of hydrogen-bond acceptors (Lipinski definition) is 3. The molecule has 1 heterocycles. The van der Waals surface area contributed by atoms with Crippen LogP contribution in [0.5, 0.6) is 5.75 Å². The molecule has 2 aromatic rings. The highest BCUT2D eigenvalue weighted by atomic mass is 19.1. The van der Waals surface area contributed by atoms with Crippen molar-refractivity contribution in [1.82, 2.24) is 4.57 Å². The zero-order chi connectivity index (χ0) is 13.7. The Kier molecular flexibility index (Phi) is 4.18. The molecule has 0 saturated carbocycles. The lowest BCUT2D eigenvalue weighted by atomic mass is 10.3. The van der Waals surface area contributed by atoms with Crippen LogP contribution < -0.4 is 16.0 Å². The van der Waals surface area contributed by atoms with Crippen molar-refractivity contribution >= 4 is 5.69 Å². The SMILES string of the molecule is Nc1ccc(=O)n(CCCOc2cccc(F)c2)c1. The van der Waals surface area contributed by atoms with Crippen molar-refractivity contribution in [3.63, 3.8) is 0 Å². The van der Waals surface area contributed by atoms with Gasteiger partial charge in [0.25, 0.3) is 5.56 Å². The Labute approximate surface area is 110 Å². The first-order chi connectivity index (χ1) is 9.15. The van der Waals surface area contributed by atoms with E-state index in [1.165, 1.54) is 22.8 Å². The molecule has 0 spiro atoms. The van der Waals surface area contributed by atoms with E-state index in [0.29, 0.717) is 31.0 Å². The average Bonchev–Trinajstić information content (AvgIpc) is 2.39. The highest BCUT2D eigenvalue weighted by molar-refractivity contribution is 5.33. The largest absolute Gasteiger partial charge is 0.493 e. The number of halogens is 1. The molecule has 0 aliphatic rings. The van der Waals surface area contributed by atoms with Crippen molar-refractivity contribution in [1.29, 1.82) is 0 Å². The molecule has 1 aromatic heterocycles. The number of nitrogens with two attached hydrogens (primary N) is 1. The molecule has 0 aliphatic heterocycles. The van der Waals surface area contributed by atoms with Crippen LogP contribution in [0.1, 0.15) is 6.42 Å². The molecule has 19 heavy (non-hydrogen) atoms. The number of benzene rings is 1. The minimum absolute atomic E-state index is 0.0973. The fourth-order valence-corrected chi connectivity index (χ4v) is 1.71. The second-order valence-corrected chi connectivity index (χ2v) is 4.15. The molecular formula is C14H15FN2O2. The maximum atomic E-state index is 12.9. The molecule has 0 radical (unpaired) electrons. The Balaban J connectivity index is 1.84. The summed E-state index contributed by atoms with van der Waals surface area (Å²) < 4.78 is 19.8. The molecule has 0 fully saturated rings. The van der Waals surface area contributed by atoms with Crippen LogP contribution in [0.25, 0.3) is 0 Å². The summed E-state index contributed by atoms with van der Waals surface area (Å²) >= 11 is 0. The van der Waals surface area contributed by atoms with Crippen LogP contribution in [0.3, 0.4) is 0 Å². The monoisotopic (exact) mass is 262 g/mol. The van der Waals surface area contributed by atoms with Gasteiger partial charge in [0, 0.05) is 30.6 Å². The van der Waals surface area contributed by atoms with Crippen LogP contribution in [0, 0.1) is 5.82 Å². The number of anilines is 1. The number of hydrogen-bond donors (Lipinski definition) is 1. The van der Waals surface area contributed by atoms with Gasteiger partial charge in [0.15, 0.2) is 0 Å². The molecule has 2 N–H and O–H groups in total. The van der Waals surface area contributed by atoms with Gasteiger partial charge >= 0.3 is 0 Å². The lowest BCUT2D eigenvalue weighted by Crippen LogP contribution is -2.20. The van der Waals surface area contributed by atoms with E-state index in [2.05, 4.69) is 0 Å². The predicted octanol–water partition coefficient (Wildman–Crippen LogP) is 2.04. The Morgan fingerprint density at radius 1 is 1.26 bits per heavy atom. The first kappa shape index (κ1) is 13.1. The normalized spacial score (nSPS) is 10.4. The van der Waals surface area contributed by atoms with Crippen LogP contribution in [-0.2, 0) is 6.54 Å². The Bertz CT molecular complexity index is 610. The number of ether oxygens (including phenoxy) is 1. The predicted molar refractivity (Wildman–Crippen MR) is 71.6 cm³/mol. The van der Waals surface area contributed by atoms with E-state index in [1.54, 1.807) is 24.4 Å². The van der Waals surface area contributed by atoms with E-state index in [4.69, 9.17) is 10.5 Å². The molecule has 2 rings (SSSR count). The Hall–Kier alpha value is -2.30. The minimum atomic E-state index is -0.329. The molecule has 0 amide bonds. The summed E-state index contributed by atoms with van der Waals surface area (Å²) in [5.74, 6) is 0.157. The summed E-state index contributed by atoms with van der Waals surface area (Å²) in [6, 6.07) is 8.97. The molecule has 0 aliphatic carbocycles. The van der Waals surface area contributed by atoms with Gasteiger partial charge in [-0.1, -0.05) is 6.07 Å². The first-order valence-corrected chi connectivity index (χ1v) is 5.99. The molecule has 100 valence electrons. The lowest BCUT2D eigenvalue weighted by molar-refractivity contribution is 0.299. The number of pyridine rings is 1. The smallest absolute Gasteiger partial charge is 0.250 e. The Morgan fingerprint density at radius 3 is 2.89 bits per heavy atom. The van der Waals surface area contributed by atoms with Gasteiger partial charge in [-0.25, -0.2) is 4.39 Å². The summed E-state index contributed by atoms with van der Waals surface area (Å²) in [6.45, 7) is 0.921. The molecule has 0 saturated heterocycles. The van der Waals surface area contributed by atoms with Gasteiger partial charge in [0.1, 0.15) is 11.6 Å². The van der Waals surface area contributed by atoms with Gasteiger partial charge in [0.05, 0.1) is 6.61 Å². The molecular weight excluding hydrogens is 247 g/mol. The molecule has 0 unspecified atom stereocenters. The summed E-state index contributed by atoms with van der Waals surface area (Å²) in [7, 11) is 0. The van der Waals surface area contributed by atoms with Gasteiger partial charge in [-0.05, 0) is 24.6 Å². The summed E-state index contributed by atoms with van der Waals surface area (Å²) in [5.41, 5.74) is 6.06. The van der Waals surface area contributed by atoms with Crippen molar-refractivity contribution in [2.24, 2.45) is 0 Å². The van der Waals surface area contributed by atoms with Crippen LogP contribution >= 0.6 is 0 Å². The van der Waals surface area contributed by atoms with E-state index in [0.717, 1.165) is 0 Å². The van der Waals surface area contributed by atoms with Gasteiger partial charge < -0.3 is 15.0 Å². The fraction of sp³-hybridized carbons (Fsp3) is 0.214. The second kappa shape index (κ2) is 6.04. The first-order valence-electron chi connectivity index (χ1n) is 5.99. The zero-order valence-corrected chi connectivity index (χ0v) is 10.4. The molecule has 0 bridgehead atoms. The standard InChI is InChI=1S/C14H15FN2O2/c15-11-3-1-4-13(9-11)19-8-2-7-17-10-12(16)5-6-14(17)18/h1,3-6,9-10H,2,7-8,16H2. The van der Waals surface area contributed by atoms with Gasteiger partial charge in [-0.15, -0.1) is 0 Å². The van der Waals surface area contributed by atoms with Gasteiger partial charge in [-0.2, -0.15) is 0 Å². The number of aromatic nitrogens is 1. The van der Waals surface area contributed by atoms with Crippen LogP contribution in [0.2, 0.25) is 0 Å². The van der Waals surface area contributed by atoms with Crippen molar-refractivity contribution in [2.45, 2.75) is 13.0 Å².